The summed E-state index contributed by atoms with van der Waals surface area (Å²) in [5.74, 6) is 0.663. The Morgan fingerprint density at radius 3 is 2.31 bits per heavy atom. The summed E-state index contributed by atoms with van der Waals surface area (Å²) in [6.45, 7) is 12.1. The maximum atomic E-state index is 5.98. The molecule has 2 nitrogen and oxygen atoms in total. The minimum atomic E-state index is 0.0134. The van der Waals surface area contributed by atoms with Crippen LogP contribution < -0.4 is 0 Å². The van der Waals surface area contributed by atoms with Crippen molar-refractivity contribution in [3.8, 4) is 0 Å². The number of morpholine rings is 1. The molecular weight excluding hydrogens is 162 g/mol. The molecule has 2 heteroatoms. The predicted molar refractivity (Wildman–Crippen MR) is 55.9 cm³/mol. The Kier molecular flexibility index (Phi) is 3.03. The van der Waals surface area contributed by atoms with E-state index in [2.05, 4.69) is 46.6 Å². The number of hydrogen-bond acceptors (Lipinski definition) is 2. The number of hydrogen-bond donors (Lipinski definition) is 0. The number of rotatable bonds is 1. The molecule has 1 fully saturated rings. The molecule has 0 amide bonds. The third-order valence-corrected chi connectivity index (χ3v) is 2.81. The molecule has 1 saturated heterocycles. The first-order valence-corrected chi connectivity index (χ1v) is 5.21. The van der Waals surface area contributed by atoms with Crippen molar-refractivity contribution in [1.29, 1.82) is 0 Å². The summed E-state index contributed by atoms with van der Waals surface area (Å²) in [4.78, 5) is 2.43. The normalized spacial score (nSPS) is 35.3. The fraction of sp³-hybridized carbons (Fsp3) is 1.00. The molecule has 0 spiro atoms. The van der Waals surface area contributed by atoms with Gasteiger partial charge in [-0.15, -0.1) is 0 Å². The lowest BCUT2D eigenvalue weighted by Crippen LogP contribution is -2.58. The van der Waals surface area contributed by atoms with Crippen LogP contribution >= 0.6 is 0 Å². The molecule has 2 atom stereocenters. The lowest BCUT2D eigenvalue weighted by molar-refractivity contribution is -0.159. The lowest BCUT2D eigenvalue weighted by Gasteiger charge is -2.47. The van der Waals surface area contributed by atoms with Crippen molar-refractivity contribution in [2.45, 2.75) is 52.4 Å². The second-order valence-electron chi connectivity index (χ2n) is 5.23. The standard InChI is InChI=1S/C11H23NO/c1-8(2)10-9(3)13-11(4,5)7-12(10)6/h8-10H,7H2,1-6H3. The van der Waals surface area contributed by atoms with E-state index in [0.29, 0.717) is 18.1 Å². The van der Waals surface area contributed by atoms with Gasteiger partial charge in [-0.2, -0.15) is 0 Å². The molecule has 0 saturated carbocycles. The highest BCUT2D eigenvalue weighted by Crippen LogP contribution is 2.27. The summed E-state index contributed by atoms with van der Waals surface area (Å²) >= 11 is 0. The van der Waals surface area contributed by atoms with Crippen molar-refractivity contribution in [2.75, 3.05) is 13.6 Å². The highest BCUT2D eigenvalue weighted by atomic mass is 16.5. The van der Waals surface area contributed by atoms with Crippen LogP contribution in [0.5, 0.6) is 0 Å². The van der Waals surface area contributed by atoms with Gasteiger partial charge in [0.05, 0.1) is 11.7 Å². The zero-order valence-corrected chi connectivity index (χ0v) is 9.79. The summed E-state index contributed by atoms with van der Waals surface area (Å²) in [5.41, 5.74) is 0.0134. The van der Waals surface area contributed by atoms with Crippen molar-refractivity contribution in [1.82, 2.24) is 4.90 Å². The number of nitrogens with zero attached hydrogens (tertiary/aromatic N) is 1. The molecule has 1 rings (SSSR count). The van der Waals surface area contributed by atoms with E-state index in [0.717, 1.165) is 6.54 Å². The van der Waals surface area contributed by atoms with Crippen molar-refractivity contribution < 1.29 is 4.74 Å². The second-order valence-corrected chi connectivity index (χ2v) is 5.23. The largest absolute Gasteiger partial charge is 0.370 e. The fourth-order valence-electron chi connectivity index (χ4n) is 2.73. The average Bonchev–Trinajstić information content (AvgIpc) is 1.78. The molecule has 0 aliphatic carbocycles. The van der Waals surface area contributed by atoms with E-state index in [1.807, 2.05) is 0 Å². The van der Waals surface area contributed by atoms with Gasteiger partial charge in [0.1, 0.15) is 0 Å². The molecule has 78 valence electrons. The van der Waals surface area contributed by atoms with E-state index in [1.54, 1.807) is 0 Å². The molecule has 0 aromatic heterocycles. The van der Waals surface area contributed by atoms with Crippen LogP contribution in [0.2, 0.25) is 0 Å². The van der Waals surface area contributed by atoms with Crippen molar-refractivity contribution in [2.24, 2.45) is 5.92 Å². The van der Waals surface area contributed by atoms with Crippen LogP contribution in [-0.4, -0.2) is 36.2 Å². The summed E-state index contributed by atoms with van der Waals surface area (Å²) in [7, 11) is 2.20. The smallest absolute Gasteiger partial charge is 0.0757 e. The number of likely N-dealkylation sites (N-methyl/N-ethyl adjacent to an activating group) is 1. The number of ether oxygens (including phenoxy) is 1. The van der Waals surface area contributed by atoms with E-state index in [4.69, 9.17) is 4.74 Å². The molecule has 0 aromatic carbocycles. The molecule has 0 radical (unpaired) electrons. The van der Waals surface area contributed by atoms with Gasteiger partial charge in [-0.3, -0.25) is 4.90 Å². The third-order valence-electron chi connectivity index (χ3n) is 2.81. The maximum Gasteiger partial charge on any atom is 0.0757 e. The summed E-state index contributed by atoms with van der Waals surface area (Å²) in [5, 5.41) is 0. The zero-order valence-electron chi connectivity index (χ0n) is 9.79. The second kappa shape index (κ2) is 3.58. The Morgan fingerprint density at radius 2 is 1.92 bits per heavy atom. The van der Waals surface area contributed by atoms with Crippen LogP contribution in [0, 0.1) is 5.92 Å². The molecule has 2 unspecified atom stereocenters. The Balaban J connectivity index is 2.70. The van der Waals surface area contributed by atoms with Gasteiger partial charge in [-0.05, 0) is 33.7 Å². The molecule has 1 heterocycles. The Bertz CT molecular complexity index is 163. The van der Waals surface area contributed by atoms with Gasteiger partial charge in [0.15, 0.2) is 0 Å². The SMILES string of the molecule is CC(C)C1C(C)OC(C)(C)CN1C. The summed E-state index contributed by atoms with van der Waals surface area (Å²) in [6, 6.07) is 0.563. The molecule has 0 N–H and O–H groups in total. The van der Waals surface area contributed by atoms with Crippen LogP contribution in [0.1, 0.15) is 34.6 Å². The van der Waals surface area contributed by atoms with E-state index < -0.39 is 0 Å². The molecular formula is C11H23NO. The minimum Gasteiger partial charge on any atom is -0.370 e. The quantitative estimate of drug-likeness (QED) is 0.620. The van der Waals surface area contributed by atoms with Crippen LogP contribution in [0.25, 0.3) is 0 Å². The Labute approximate surface area is 82.3 Å². The average molecular weight is 185 g/mol. The first-order valence-electron chi connectivity index (χ1n) is 5.21. The molecule has 13 heavy (non-hydrogen) atoms. The third kappa shape index (κ3) is 2.44. The highest BCUT2D eigenvalue weighted by Gasteiger charge is 2.37. The molecule has 0 bridgehead atoms. The van der Waals surface area contributed by atoms with Crippen LogP contribution in [0.4, 0.5) is 0 Å². The van der Waals surface area contributed by atoms with Gasteiger partial charge >= 0.3 is 0 Å². The van der Waals surface area contributed by atoms with Gasteiger partial charge in [-0.25, -0.2) is 0 Å². The molecule has 1 aliphatic rings. The van der Waals surface area contributed by atoms with E-state index in [9.17, 15) is 0 Å². The molecule has 1 aliphatic heterocycles. The van der Waals surface area contributed by atoms with Gasteiger partial charge in [-0.1, -0.05) is 13.8 Å². The van der Waals surface area contributed by atoms with Crippen molar-refractivity contribution >= 4 is 0 Å². The molecule has 0 aromatic rings. The first kappa shape index (κ1) is 11.0. The Hall–Kier alpha value is -0.0800. The zero-order chi connectivity index (χ0) is 10.2. The lowest BCUT2D eigenvalue weighted by atomic mass is 9.93. The monoisotopic (exact) mass is 185 g/mol. The van der Waals surface area contributed by atoms with Gasteiger partial charge in [0.25, 0.3) is 0 Å². The van der Waals surface area contributed by atoms with Crippen LogP contribution in [-0.2, 0) is 4.74 Å². The predicted octanol–water partition coefficient (Wildman–Crippen LogP) is 2.14. The summed E-state index contributed by atoms with van der Waals surface area (Å²) in [6.07, 6.45) is 0.341. The minimum absolute atomic E-state index is 0.0134. The Morgan fingerprint density at radius 1 is 1.38 bits per heavy atom. The van der Waals surface area contributed by atoms with E-state index in [1.165, 1.54) is 0 Å². The van der Waals surface area contributed by atoms with Crippen LogP contribution in [0.3, 0.4) is 0 Å². The maximum absolute atomic E-state index is 5.98. The van der Waals surface area contributed by atoms with Crippen LogP contribution in [0.15, 0.2) is 0 Å². The summed E-state index contributed by atoms with van der Waals surface area (Å²) < 4.78 is 5.98. The van der Waals surface area contributed by atoms with Crippen molar-refractivity contribution in [3.05, 3.63) is 0 Å². The topological polar surface area (TPSA) is 12.5 Å². The fourth-order valence-corrected chi connectivity index (χ4v) is 2.73. The highest BCUT2D eigenvalue weighted by molar-refractivity contribution is 4.89. The van der Waals surface area contributed by atoms with Gasteiger partial charge in [0, 0.05) is 12.6 Å². The van der Waals surface area contributed by atoms with Gasteiger partial charge in [0.2, 0.25) is 0 Å². The van der Waals surface area contributed by atoms with Crippen molar-refractivity contribution in [3.63, 3.8) is 0 Å². The first-order chi connectivity index (χ1) is 5.83. The van der Waals surface area contributed by atoms with Gasteiger partial charge < -0.3 is 4.74 Å². The van der Waals surface area contributed by atoms with E-state index in [-0.39, 0.29) is 5.60 Å². The van der Waals surface area contributed by atoms with E-state index >= 15 is 0 Å².